The third-order valence-electron chi connectivity index (χ3n) is 7.99. The maximum Gasteiger partial charge on any atom is 0.472 e. The van der Waals surface area contributed by atoms with E-state index >= 15 is 0 Å². The van der Waals surface area contributed by atoms with Crippen LogP contribution >= 0.6 is 7.82 Å². The predicted octanol–water partition coefficient (Wildman–Crippen LogP) is 12.3. The molecule has 0 rings (SSSR count). The lowest BCUT2D eigenvalue weighted by Crippen LogP contribution is -2.28. The van der Waals surface area contributed by atoms with E-state index in [0.717, 1.165) is 77.0 Å². The number of esters is 1. The van der Waals surface area contributed by atoms with Crippen molar-refractivity contribution in [2.24, 2.45) is 5.73 Å². The normalized spacial score (nSPS) is 14.5. The molecule has 9 heteroatoms. The molecule has 54 heavy (non-hydrogen) atoms. The third kappa shape index (κ3) is 40.6. The SMILES string of the molecule is CC/C=C\C/C=C\C/C=C\C/C=C\C/C=C\C/C=C\C/C=C\CCCC(=O)OC(COCCCCCCCC/C=C\CCCC)COP(=O)(O)OCCN. The molecule has 0 aromatic carbocycles. The average molecular weight is 774 g/mol. The number of phosphoric acid groups is 1. The van der Waals surface area contributed by atoms with Crippen LogP contribution in [0.3, 0.4) is 0 Å². The van der Waals surface area contributed by atoms with Crippen LogP contribution in [0.4, 0.5) is 0 Å². The zero-order valence-corrected chi connectivity index (χ0v) is 34.8. The molecule has 0 saturated heterocycles. The van der Waals surface area contributed by atoms with Crippen LogP contribution in [0.15, 0.2) is 97.2 Å². The summed E-state index contributed by atoms with van der Waals surface area (Å²) in [4.78, 5) is 22.4. The number of ether oxygens (including phenoxy) is 2. The minimum Gasteiger partial charge on any atom is -0.457 e. The summed E-state index contributed by atoms with van der Waals surface area (Å²) in [6.07, 6.45) is 54.3. The lowest BCUT2D eigenvalue weighted by molar-refractivity contribution is -0.154. The molecule has 0 amide bonds. The number of phosphoric ester groups is 1. The molecule has 0 aromatic rings. The van der Waals surface area contributed by atoms with Crippen LogP contribution in [0, 0.1) is 0 Å². The van der Waals surface area contributed by atoms with E-state index in [1.807, 2.05) is 0 Å². The van der Waals surface area contributed by atoms with E-state index in [-0.39, 0.29) is 32.8 Å². The molecule has 0 bridgehead atoms. The summed E-state index contributed by atoms with van der Waals surface area (Å²) in [7, 11) is -4.30. The molecular weight excluding hydrogens is 697 g/mol. The molecule has 0 aliphatic carbocycles. The van der Waals surface area contributed by atoms with Gasteiger partial charge in [0.1, 0.15) is 6.10 Å². The highest BCUT2D eigenvalue weighted by atomic mass is 31.2. The van der Waals surface area contributed by atoms with Crippen molar-refractivity contribution in [3.05, 3.63) is 97.2 Å². The van der Waals surface area contributed by atoms with Crippen LogP contribution in [-0.4, -0.2) is 49.9 Å². The van der Waals surface area contributed by atoms with Crippen molar-refractivity contribution in [1.29, 1.82) is 0 Å². The fraction of sp³-hybridized carbons (Fsp3) is 0.622. The number of hydrogen-bond acceptors (Lipinski definition) is 7. The molecule has 0 aromatic heterocycles. The molecule has 0 aliphatic rings. The summed E-state index contributed by atoms with van der Waals surface area (Å²) < 4.78 is 33.3. The van der Waals surface area contributed by atoms with Crippen LogP contribution in [0.2, 0.25) is 0 Å². The molecule has 308 valence electrons. The second-order valence-electron chi connectivity index (χ2n) is 13.1. The number of carbonyl (C=O) groups excluding carboxylic acids is 1. The molecule has 0 spiro atoms. The first-order valence-electron chi connectivity index (χ1n) is 20.7. The average Bonchev–Trinajstić information content (AvgIpc) is 3.16. The summed E-state index contributed by atoms with van der Waals surface area (Å²) in [5, 5.41) is 0. The molecule has 2 unspecified atom stereocenters. The molecule has 0 saturated carbocycles. The Balaban J connectivity index is 4.20. The molecule has 8 nitrogen and oxygen atoms in total. The lowest BCUT2D eigenvalue weighted by atomic mass is 10.1. The van der Waals surface area contributed by atoms with Gasteiger partial charge in [0.15, 0.2) is 0 Å². The topological polar surface area (TPSA) is 117 Å². The van der Waals surface area contributed by atoms with Crippen molar-refractivity contribution >= 4 is 13.8 Å². The minimum absolute atomic E-state index is 0.0822. The Kier molecular flexibility index (Phi) is 39.6. The number of unbranched alkanes of at least 4 members (excludes halogenated alkanes) is 9. The molecule has 3 N–H and O–H groups in total. The molecule has 0 aliphatic heterocycles. The van der Waals surface area contributed by atoms with Gasteiger partial charge in [-0.15, -0.1) is 0 Å². The highest BCUT2D eigenvalue weighted by Gasteiger charge is 2.25. The zero-order valence-electron chi connectivity index (χ0n) is 33.9. The van der Waals surface area contributed by atoms with Crippen molar-refractivity contribution in [3.8, 4) is 0 Å². The van der Waals surface area contributed by atoms with Crippen molar-refractivity contribution < 1.29 is 32.8 Å². The molecule has 0 heterocycles. The van der Waals surface area contributed by atoms with Gasteiger partial charge in [0, 0.05) is 19.6 Å². The fourth-order valence-electron chi connectivity index (χ4n) is 4.96. The van der Waals surface area contributed by atoms with Crippen LogP contribution in [-0.2, 0) is 27.9 Å². The fourth-order valence-corrected chi connectivity index (χ4v) is 5.73. The van der Waals surface area contributed by atoms with Crippen LogP contribution in [0.5, 0.6) is 0 Å². The van der Waals surface area contributed by atoms with Gasteiger partial charge in [0.05, 0.1) is 19.8 Å². The van der Waals surface area contributed by atoms with E-state index in [9.17, 15) is 14.3 Å². The van der Waals surface area contributed by atoms with Crippen LogP contribution < -0.4 is 5.73 Å². The van der Waals surface area contributed by atoms with E-state index in [0.29, 0.717) is 13.0 Å². The summed E-state index contributed by atoms with van der Waals surface area (Å²) in [6.45, 7) is 4.64. The first kappa shape index (κ1) is 51.4. The second-order valence-corrected chi connectivity index (χ2v) is 14.6. The third-order valence-corrected chi connectivity index (χ3v) is 8.97. The van der Waals surface area contributed by atoms with Crippen LogP contribution in [0.25, 0.3) is 0 Å². The van der Waals surface area contributed by atoms with Crippen molar-refractivity contribution in [1.82, 2.24) is 0 Å². The second kappa shape index (κ2) is 41.6. The number of carbonyl (C=O) groups is 1. The van der Waals surface area contributed by atoms with Crippen molar-refractivity contribution in [2.45, 2.75) is 148 Å². The number of rotatable bonds is 38. The Labute approximate surface area is 330 Å². The predicted molar refractivity (Wildman–Crippen MR) is 228 cm³/mol. The minimum atomic E-state index is -4.30. The van der Waals surface area contributed by atoms with Gasteiger partial charge in [-0.2, -0.15) is 0 Å². The van der Waals surface area contributed by atoms with Gasteiger partial charge in [0.2, 0.25) is 0 Å². The highest BCUT2D eigenvalue weighted by Crippen LogP contribution is 2.43. The largest absolute Gasteiger partial charge is 0.472 e. The van der Waals surface area contributed by atoms with E-state index < -0.39 is 19.9 Å². The summed E-state index contributed by atoms with van der Waals surface area (Å²) in [6, 6.07) is 0. The standard InChI is InChI=1S/C45H76NO7P/c1-3-5-7-9-11-13-15-17-18-19-20-21-22-23-24-25-26-27-28-30-32-34-36-38-45(47)53-44(43-52-54(48,49)51-41-39-46)42-50-40-37-35-33-31-29-16-14-12-10-8-6-4-2/h5,7,10-13,17-18,20-21,23-24,26-27,30,32,44H,3-4,6,8-9,14-16,19,22,25,28-29,31,33-43,46H2,1-2H3,(H,48,49)/b7-5-,12-10-,13-11-,18-17-,21-20-,24-23-,27-26-,32-30-. The maximum atomic E-state index is 12.5. The van der Waals surface area contributed by atoms with Gasteiger partial charge >= 0.3 is 13.8 Å². The van der Waals surface area contributed by atoms with Crippen molar-refractivity contribution in [3.63, 3.8) is 0 Å². The lowest BCUT2D eigenvalue weighted by Gasteiger charge is -2.20. The van der Waals surface area contributed by atoms with Gasteiger partial charge in [0.25, 0.3) is 0 Å². The van der Waals surface area contributed by atoms with E-state index in [4.69, 9.17) is 24.3 Å². The first-order valence-corrected chi connectivity index (χ1v) is 22.2. The van der Waals surface area contributed by atoms with Gasteiger partial charge < -0.3 is 20.1 Å². The molecule has 2 atom stereocenters. The van der Waals surface area contributed by atoms with Gasteiger partial charge in [-0.3, -0.25) is 13.8 Å². The summed E-state index contributed by atoms with van der Waals surface area (Å²) in [5.41, 5.74) is 5.35. The Bertz CT molecular complexity index is 1140. The maximum absolute atomic E-state index is 12.5. The van der Waals surface area contributed by atoms with E-state index in [2.05, 4.69) is 111 Å². The number of allylic oxidation sites excluding steroid dienone is 16. The zero-order chi connectivity index (χ0) is 39.5. The van der Waals surface area contributed by atoms with Gasteiger partial charge in [-0.25, -0.2) is 4.57 Å². The molecule has 0 fully saturated rings. The van der Waals surface area contributed by atoms with Crippen molar-refractivity contribution in [2.75, 3.05) is 33.0 Å². The molecular formula is C45H76NO7P. The van der Waals surface area contributed by atoms with Gasteiger partial charge in [-0.1, -0.05) is 150 Å². The molecule has 0 radical (unpaired) electrons. The number of nitrogens with two attached hydrogens (primary N) is 1. The summed E-state index contributed by atoms with van der Waals surface area (Å²) >= 11 is 0. The highest BCUT2D eigenvalue weighted by molar-refractivity contribution is 7.47. The van der Waals surface area contributed by atoms with Gasteiger partial charge in [-0.05, 0) is 83.5 Å². The Morgan fingerprint density at radius 2 is 1.04 bits per heavy atom. The quantitative estimate of drug-likeness (QED) is 0.0276. The first-order chi connectivity index (χ1) is 26.4. The van der Waals surface area contributed by atoms with Crippen LogP contribution in [0.1, 0.15) is 142 Å². The Morgan fingerprint density at radius 1 is 0.574 bits per heavy atom. The van der Waals surface area contributed by atoms with E-state index in [1.54, 1.807) is 0 Å². The van der Waals surface area contributed by atoms with E-state index in [1.165, 1.54) is 38.5 Å². The Morgan fingerprint density at radius 3 is 1.57 bits per heavy atom. The monoisotopic (exact) mass is 774 g/mol. The summed E-state index contributed by atoms with van der Waals surface area (Å²) in [5.74, 6) is -0.395. The Hall–Kier alpha value is -2.58. The smallest absolute Gasteiger partial charge is 0.457 e. The number of hydrogen-bond donors (Lipinski definition) is 2.